The maximum Gasteiger partial charge on any atom is 0.307 e. The van der Waals surface area contributed by atoms with Crippen molar-refractivity contribution in [2.24, 2.45) is 0 Å². The Hall–Kier alpha value is -2.29. The van der Waals surface area contributed by atoms with Crippen LogP contribution in [0.2, 0.25) is 0 Å². The summed E-state index contributed by atoms with van der Waals surface area (Å²) in [6, 6.07) is 4.60. The van der Waals surface area contributed by atoms with Crippen LogP contribution in [-0.2, 0) is 15.6 Å². The maximum atomic E-state index is 10.7. The van der Waals surface area contributed by atoms with E-state index in [-0.39, 0.29) is 17.3 Å². The number of carboxylic acids is 1. The van der Waals surface area contributed by atoms with Gasteiger partial charge in [0.1, 0.15) is 5.75 Å². The topological polar surface area (TPSA) is 46.5 Å². The SMILES string of the molecule is CCCCCOc1cc2c(cc1/C=C/C=C/C(C)=C/CC(=O)O)C(C)(C)CCC2(C)C. The molecule has 0 aliphatic heterocycles. The number of benzene rings is 1. The maximum absolute atomic E-state index is 10.7. The number of aliphatic carboxylic acids is 1. The van der Waals surface area contributed by atoms with Gasteiger partial charge in [-0.3, -0.25) is 4.79 Å². The van der Waals surface area contributed by atoms with Gasteiger partial charge in [0.2, 0.25) is 0 Å². The molecule has 0 fully saturated rings. The first-order valence-electron chi connectivity index (χ1n) is 11.6. The molecule has 0 radical (unpaired) electrons. The second-order valence-corrected chi connectivity index (χ2v) is 10.0. The number of fused-ring (bicyclic) bond motifs is 1. The van der Waals surface area contributed by atoms with Crippen molar-refractivity contribution in [1.82, 2.24) is 0 Å². The summed E-state index contributed by atoms with van der Waals surface area (Å²) in [5.41, 5.74) is 5.19. The minimum Gasteiger partial charge on any atom is -0.493 e. The smallest absolute Gasteiger partial charge is 0.307 e. The average molecular weight is 425 g/mol. The molecule has 1 N–H and O–H groups in total. The Kier molecular flexibility index (Phi) is 8.73. The van der Waals surface area contributed by atoms with Gasteiger partial charge in [-0.2, -0.15) is 0 Å². The summed E-state index contributed by atoms with van der Waals surface area (Å²) < 4.78 is 6.26. The standard InChI is InChI=1S/C28H40O3/c1-7-8-11-18-31-25-20-24-23(27(3,4)16-17-28(24,5)6)19-22(25)13-10-9-12-21(2)14-15-26(29)30/h9-10,12-14,19-20H,7-8,11,15-18H2,1-6H3,(H,29,30)/b12-9+,13-10+,21-14+. The lowest BCUT2D eigenvalue weighted by Crippen LogP contribution is -2.34. The molecule has 1 aromatic carbocycles. The lowest BCUT2D eigenvalue weighted by molar-refractivity contribution is -0.136. The van der Waals surface area contributed by atoms with Crippen molar-refractivity contribution in [3.63, 3.8) is 0 Å². The number of carboxylic acid groups (broad SMARTS) is 1. The third-order valence-electron chi connectivity index (χ3n) is 6.33. The van der Waals surface area contributed by atoms with Gasteiger partial charge in [0.05, 0.1) is 13.0 Å². The second kappa shape index (κ2) is 10.8. The van der Waals surface area contributed by atoms with Crippen molar-refractivity contribution in [3.05, 3.63) is 58.7 Å². The van der Waals surface area contributed by atoms with E-state index in [0.717, 1.165) is 29.9 Å². The summed E-state index contributed by atoms with van der Waals surface area (Å²) in [7, 11) is 0. The Morgan fingerprint density at radius 2 is 1.71 bits per heavy atom. The number of rotatable bonds is 10. The van der Waals surface area contributed by atoms with Gasteiger partial charge in [0, 0.05) is 5.56 Å². The number of hydrogen-bond donors (Lipinski definition) is 1. The van der Waals surface area contributed by atoms with E-state index >= 15 is 0 Å². The van der Waals surface area contributed by atoms with Crippen molar-refractivity contribution >= 4 is 12.0 Å². The van der Waals surface area contributed by atoms with E-state index in [4.69, 9.17) is 9.84 Å². The fourth-order valence-electron chi connectivity index (χ4n) is 4.08. The first-order chi connectivity index (χ1) is 14.6. The number of ether oxygens (including phenoxy) is 1. The van der Waals surface area contributed by atoms with Crippen molar-refractivity contribution in [2.45, 2.75) is 90.9 Å². The van der Waals surface area contributed by atoms with Gasteiger partial charge in [0.15, 0.2) is 0 Å². The minimum absolute atomic E-state index is 0.0470. The summed E-state index contributed by atoms with van der Waals surface area (Å²) in [5.74, 6) is 0.149. The zero-order chi connectivity index (χ0) is 23.1. The van der Waals surface area contributed by atoms with Gasteiger partial charge >= 0.3 is 5.97 Å². The number of allylic oxidation sites excluding steroid dienone is 4. The second-order valence-electron chi connectivity index (χ2n) is 10.0. The summed E-state index contributed by atoms with van der Waals surface area (Å²) in [4.78, 5) is 10.7. The molecule has 0 aromatic heterocycles. The number of hydrogen-bond acceptors (Lipinski definition) is 2. The van der Waals surface area contributed by atoms with E-state index in [1.165, 1.54) is 36.8 Å². The molecular formula is C28H40O3. The first-order valence-corrected chi connectivity index (χ1v) is 11.6. The molecule has 1 aliphatic carbocycles. The monoisotopic (exact) mass is 424 g/mol. The Morgan fingerprint density at radius 3 is 2.32 bits per heavy atom. The Labute approximate surface area is 188 Å². The third-order valence-corrected chi connectivity index (χ3v) is 6.33. The van der Waals surface area contributed by atoms with Gasteiger partial charge in [-0.1, -0.05) is 83.4 Å². The molecule has 1 aliphatic rings. The van der Waals surface area contributed by atoms with Crippen LogP contribution in [0.1, 0.15) is 96.8 Å². The molecule has 0 saturated carbocycles. The third kappa shape index (κ3) is 7.12. The molecule has 170 valence electrons. The van der Waals surface area contributed by atoms with E-state index in [0.29, 0.717) is 0 Å². The quantitative estimate of drug-likeness (QED) is 0.311. The molecule has 0 unspecified atom stereocenters. The summed E-state index contributed by atoms with van der Waals surface area (Å²) in [6.07, 6.45) is 15.6. The van der Waals surface area contributed by atoms with Crippen LogP contribution < -0.4 is 4.74 Å². The average Bonchev–Trinajstić information content (AvgIpc) is 2.70. The molecule has 0 saturated heterocycles. The Balaban J connectivity index is 2.35. The van der Waals surface area contributed by atoms with Crippen molar-refractivity contribution in [3.8, 4) is 5.75 Å². The highest BCUT2D eigenvalue weighted by Crippen LogP contribution is 2.47. The summed E-state index contributed by atoms with van der Waals surface area (Å²) >= 11 is 0. The fraction of sp³-hybridized carbons (Fsp3) is 0.536. The Bertz CT molecular complexity index is 853. The van der Waals surface area contributed by atoms with Crippen LogP contribution in [0.5, 0.6) is 5.75 Å². The van der Waals surface area contributed by atoms with Crippen LogP contribution in [-0.4, -0.2) is 17.7 Å². The van der Waals surface area contributed by atoms with Crippen LogP contribution >= 0.6 is 0 Å². The van der Waals surface area contributed by atoms with Crippen LogP contribution in [0.15, 0.2) is 42.0 Å². The molecule has 3 heteroatoms. The van der Waals surface area contributed by atoms with Crippen molar-refractivity contribution in [1.29, 1.82) is 0 Å². The van der Waals surface area contributed by atoms with E-state index in [1.54, 1.807) is 6.08 Å². The predicted octanol–water partition coefficient (Wildman–Crippen LogP) is 7.60. The zero-order valence-corrected chi connectivity index (χ0v) is 20.3. The van der Waals surface area contributed by atoms with Gasteiger partial charge in [-0.05, 0) is 60.3 Å². The number of carbonyl (C=O) groups is 1. The predicted molar refractivity (Wildman–Crippen MR) is 131 cm³/mol. The van der Waals surface area contributed by atoms with E-state index in [2.05, 4.69) is 52.8 Å². The molecule has 0 spiro atoms. The molecule has 0 heterocycles. The highest BCUT2D eigenvalue weighted by molar-refractivity contribution is 5.69. The lowest BCUT2D eigenvalue weighted by atomic mass is 9.63. The van der Waals surface area contributed by atoms with Crippen LogP contribution in [0.25, 0.3) is 6.08 Å². The highest BCUT2D eigenvalue weighted by atomic mass is 16.5. The van der Waals surface area contributed by atoms with Gasteiger partial charge in [-0.25, -0.2) is 0 Å². The molecular weight excluding hydrogens is 384 g/mol. The molecule has 3 nitrogen and oxygen atoms in total. The minimum atomic E-state index is -0.812. The molecule has 31 heavy (non-hydrogen) atoms. The van der Waals surface area contributed by atoms with Gasteiger partial charge in [0.25, 0.3) is 0 Å². The normalized spacial score (nSPS) is 17.8. The fourth-order valence-corrected chi connectivity index (χ4v) is 4.08. The van der Waals surface area contributed by atoms with Gasteiger partial charge in [-0.15, -0.1) is 0 Å². The Morgan fingerprint density at radius 1 is 1.06 bits per heavy atom. The largest absolute Gasteiger partial charge is 0.493 e. The van der Waals surface area contributed by atoms with Crippen LogP contribution in [0.3, 0.4) is 0 Å². The lowest BCUT2D eigenvalue weighted by Gasteiger charge is -2.42. The summed E-state index contributed by atoms with van der Waals surface area (Å²) in [6.45, 7) is 14.2. The zero-order valence-electron chi connectivity index (χ0n) is 20.3. The summed E-state index contributed by atoms with van der Waals surface area (Å²) in [5, 5.41) is 8.80. The number of unbranched alkanes of at least 4 members (excludes halogenated alkanes) is 2. The molecule has 1 aromatic rings. The molecule has 0 atom stereocenters. The van der Waals surface area contributed by atoms with Crippen molar-refractivity contribution < 1.29 is 14.6 Å². The van der Waals surface area contributed by atoms with E-state index in [1.807, 2.05) is 25.2 Å². The van der Waals surface area contributed by atoms with Crippen molar-refractivity contribution in [2.75, 3.05) is 6.61 Å². The van der Waals surface area contributed by atoms with Gasteiger partial charge < -0.3 is 9.84 Å². The van der Waals surface area contributed by atoms with Crippen LogP contribution in [0.4, 0.5) is 0 Å². The van der Waals surface area contributed by atoms with E-state index < -0.39 is 5.97 Å². The molecule has 0 amide bonds. The highest BCUT2D eigenvalue weighted by Gasteiger charge is 2.37. The first kappa shape index (κ1) is 25.0. The van der Waals surface area contributed by atoms with Crippen LogP contribution in [0, 0.1) is 0 Å². The molecule has 0 bridgehead atoms. The molecule has 2 rings (SSSR count). The van der Waals surface area contributed by atoms with E-state index in [9.17, 15) is 4.79 Å².